The van der Waals surface area contributed by atoms with E-state index in [9.17, 15) is 18.0 Å². The van der Waals surface area contributed by atoms with E-state index in [1.54, 1.807) is 0 Å². The molecule has 1 aromatic carbocycles. The Balaban J connectivity index is 2.32. The van der Waals surface area contributed by atoms with Gasteiger partial charge in [-0.1, -0.05) is 12.1 Å². The van der Waals surface area contributed by atoms with Crippen LogP contribution in [-0.2, 0) is 0 Å². The van der Waals surface area contributed by atoms with Gasteiger partial charge in [0, 0.05) is 17.3 Å². The van der Waals surface area contributed by atoms with E-state index in [1.807, 2.05) is 0 Å². The molecule has 2 N–H and O–H groups in total. The lowest BCUT2D eigenvalue weighted by Gasteiger charge is -2.10. The van der Waals surface area contributed by atoms with Crippen LogP contribution >= 0.6 is 0 Å². The molecule has 0 spiro atoms. The number of ketones is 1. The van der Waals surface area contributed by atoms with Crippen molar-refractivity contribution in [1.29, 1.82) is 0 Å². The Labute approximate surface area is 112 Å². The van der Waals surface area contributed by atoms with Gasteiger partial charge in [-0.3, -0.25) is 9.78 Å². The molecule has 0 aliphatic carbocycles. The molecular formula is C13H9F3N2O2. The number of benzene rings is 1. The zero-order valence-corrected chi connectivity index (χ0v) is 10.0. The molecule has 0 saturated carbocycles. The highest BCUT2D eigenvalue weighted by atomic mass is 19.4. The van der Waals surface area contributed by atoms with Crippen LogP contribution in [0.25, 0.3) is 0 Å². The minimum absolute atomic E-state index is 0.0460. The van der Waals surface area contributed by atoms with Gasteiger partial charge in [0.15, 0.2) is 5.78 Å². The number of alkyl halides is 3. The Hall–Kier alpha value is -2.57. The maximum absolute atomic E-state index is 12.1. The summed E-state index contributed by atoms with van der Waals surface area (Å²) in [6, 6.07) is 6.20. The summed E-state index contributed by atoms with van der Waals surface area (Å²) < 4.78 is 40.1. The van der Waals surface area contributed by atoms with E-state index in [1.165, 1.54) is 30.6 Å². The Morgan fingerprint density at radius 1 is 1.25 bits per heavy atom. The molecule has 104 valence electrons. The van der Waals surface area contributed by atoms with Crippen LogP contribution < -0.4 is 10.5 Å². The van der Waals surface area contributed by atoms with Gasteiger partial charge in [0.2, 0.25) is 0 Å². The molecule has 0 saturated heterocycles. The van der Waals surface area contributed by atoms with Crippen molar-refractivity contribution in [3.8, 4) is 5.75 Å². The molecule has 1 heterocycles. The SMILES string of the molecule is Nc1cnccc1C(=O)c1cccc(OC(F)(F)F)c1. The fourth-order valence-electron chi connectivity index (χ4n) is 1.60. The molecule has 2 rings (SSSR count). The molecule has 0 amide bonds. The van der Waals surface area contributed by atoms with Gasteiger partial charge < -0.3 is 10.5 Å². The number of anilines is 1. The van der Waals surface area contributed by atoms with Crippen molar-refractivity contribution in [2.75, 3.05) is 5.73 Å². The Morgan fingerprint density at radius 2 is 2.00 bits per heavy atom. The van der Waals surface area contributed by atoms with E-state index in [4.69, 9.17) is 5.73 Å². The molecule has 2 aromatic rings. The molecule has 0 radical (unpaired) electrons. The number of nitrogen functional groups attached to an aromatic ring is 1. The third kappa shape index (κ3) is 3.25. The molecule has 0 aliphatic heterocycles. The summed E-state index contributed by atoms with van der Waals surface area (Å²) in [6.07, 6.45) is -2.14. The van der Waals surface area contributed by atoms with E-state index >= 15 is 0 Å². The van der Waals surface area contributed by atoms with Crippen LogP contribution in [0.3, 0.4) is 0 Å². The van der Waals surface area contributed by atoms with Crippen LogP contribution in [0, 0.1) is 0 Å². The summed E-state index contributed by atoms with van der Waals surface area (Å²) in [7, 11) is 0. The first-order valence-corrected chi connectivity index (χ1v) is 5.47. The maximum atomic E-state index is 12.1. The van der Waals surface area contributed by atoms with Crippen molar-refractivity contribution in [1.82, 2.24) is 4.98 Å². The first-order valence-electron chi connectivity index (χ1n) is 5.47. The molecule has 0 fully saturated rings. The lowest BCUT2D eigenvalue weighted by atomic mass is 10.0. The number of hydrogen-bond donors (Lipinski definition) is 1. The summed E-state index contributed by atoms with van der Waals surface area (Å²) >= 11 is 0. The Kier molecular flexibility index (Phi) is 3.60. The number of ether oxygens (including phenoxy) is 1. The average Bonchev–Trinajstić information content (AvgIpc) is 2.37. The van der Waals surface area contributed by atoms with Crippen molar-refractivity contribution in [3.63, 3.8) is 0 Å². The van der Waals surface area contributed by atoms with Gasteiger partial charge in [0.25, 0.3) is 0 Å². The summed E-state index contributed by atoms with van der Waals surface area (Å²) in [5.74, 6) is -0.964. The number of halogens is 3. The van der Waals surface area contributed by atoms with Gasteiger partial charge in [-0.15, -0.1) is 13.2 Å². The highest BCUT2D eigenvalue weighted by molar-refractivity contribution is 6.12. The predicted octanol–water partition coefficient (Wildman–Crippen LogP) is 2.79. The second-order valence-electron chi connectivity index (χ2n) is 3.87. The highest BCUT2D eigenvalue weighted by Gasteiger charge is 2.31. The van der Waals surface area contributed by atoms with Crippen LogP contribution in [0.1, 0.15) is 15.9 Å². The summed E-state index contributed by atoms with van der Waals surface area (Å²) in [6.45, 7) is 0. The van der Waals surface area contributed by atoms with E-state index < -0.39 is 17.9 Å². The predicted molar refractivity (Wildman–Crippen MR) is 65.2 cm³/mol. The summed E-state index contributed by atoms with van der Waals surface area (Å²) in [5.41, 5.74) is 5.97. The molecule has 20 heavy (non-hydrogen) atoms. The molecule has 0 bridgehead atoms. The minimum Gasteiger partial charge on any atom is -0.406 e. The number of pyridine rings is 1. The van der Waals surface area contributed by atoms with Crippen molar-refractivity contribution in [2.45, 2.75) is 6.36 Å². The highest BCUT2D eigenvalue weighted by Crippen LogP contribution is 2.24. The first-order chi connectivity index (χ1) is 9.37. The van der Waals surface area contributed by atoms with Crippen molar-refractivity contribution >= 4 is 11.5 Å². The number of carbonyl (C=O) groups is 1. The van der Waals surface area contributed by atoms with Crippen LogP contribution in [0.15, 0.2) is 42.7 Å². The number of rotatable bonds is 3. The number of hydrogen-bond acceptors (Lipinski definition) is 4. The van der Waals surface area contributed by atoms with Crippen LogP contribution in [0.4, 0.5) is 18.9 Å². The van der Waals surface area contributed by atoms with Crippen LogP contribution in [-0.4, -0.2) is 17.1 Å². The van der Waals surface area contributed by atoms with Crippen molar-refractivity contribution < 1.29 is 22.7 Å². The van der Waals surface area contributed by atoms with E-state index in [0.717, 1.165) is 12.1 Å². The quantitative estimate of drug-likeness (QED) is 0.879. The first kappa shape index (κ1) is 13.9. The molecular weight excluding hydrogens is 273 g/mol. The topological polar surface area (TPSA) is 65.2 Å². The Bertz CT molecular complexity index is 642. The van der Waals surface area contributed by atoms with Gasteiger partial charge in [0.1, 0.15) is 5.75 Å². The molecule has 0 atom stereocenters. The molecule has 0 aliphatic rings. The zero-order valence-electron chi connectivity index (χ0n) is 10.0. The van der Waals surface area contributed by atoms with Gasteiger partial charge in [-0.25, -0.2) is 0 Å². The van der Waals surface area contributed by atoms with E-state index in [0.29, 0.717) is 0 Å². The standard InChI is InChI=1S/C13H9F3N2O2/c14-13(15,16)20-9-3-1-2-8(6-9)12(19)10-4-5-18-7-11(10)17/h1-7H,17H2. The van der Waals surface area contributed by atoms with Gasteiger partial charge in [0.05, 0.1) is 11.9 Å². The number of nitrogens with two attached hydrogens (primary N) is 1. The molecule has 4 nitrogen and oxygen atoms in total. The summed E-state index contributed by atoms with van der Waals surface area (Å²) in [4.78, 5) is 15.9. The van der Waals surface area contributed by atoms with Crippen molar-refractivity contribution in [2.24, 2.45) is 0 Å². The van der Waals surface area contributed by atoms with Gasteiger partial charge in [-0.05, 0) is 18.2 Å². The summed E-state index contributed by atoms with van der Waals surface area (Å²) in [5, 5.41) is 0. The lowest BCUT2D eigenvalue weighted by Crippen LogP contribution is -2.17. The molecule has 7 heteroatoms. The fourth-order valence-corrected chi connectivity index (χ4v) is 1.60. The minimum atomic E-state index is -4.81. The van der Waals surface area contributed by atoms with E-state index in [-0.39, 0.29) is 16.8 Å². The van der Waals surface area contributed by atoms with Gasteiger partial charge in [-0.2, -0.15) is 0 Å². The number of aromatic nitrogens is 1. The number of carbonyl (C=O) groups excluding carboxylic acids is 1. The van der Waals surface area contributed by atoms with Gasteiger partial charge >= 0.3 is 6.36 Å². The lowest BCUT2D eigenvalue weighted by molar-refractivity contribution is -0.274. The third-order valence-corrected chi connectivity index (χ3v) is 2.43. The zero-order chi connectivity index (χ0) is 14.8. The fraction of sp³-hybridized carbons (Fsp3) is 0.0769. The van der Waals surface area contributed by atoms with Crippen LogP contribution in [0.2, 0.25) is 0 Å². The number of nitrogens with zero attached hydrogens (tertiary/aromatic N) is 1. The maximum Gasteiger partial charge on any atom is 0.573 e. The normalized spacial score (nSPS) is 11.2. The van der Waals surface area contributed by atoms with Crippen LogP contribution in [0.5, 0.6) is 5.75 Å². The molecule has 1 aromatic heterocycles. The monoisotopic (exact) mass is 282 g/mol. The second-order valence-corrected chi connectivity index (χ2v) is 3.87. The third-order valence-electron chi connectivity index (χ3n) is 2.43. The smallest absolute Gasteiger partial charge is 0.406 e. The molecule has 0 unspecified atom stereocenters. The van der Waals surface area contributed by atoms with Crippen molar-refractivity contribution in [3.05, 3.63) is 53.9 Å². The largest absolute Gasteiger partial charge is 0.573 e. The average molecular weight is 282 g/mol. The Morgan fingerprint density at radius 3 is 2.65 bits per heavy atom. The second kappa shape index (κ2) is 5.20. The van der Waals surface area contributed by atoms with E-state index in [2.05, 4.69) is 9.72 Å².